The predicted octanol–water partition coefficient (Wildman–Crippen LogP) is 1.25. The van der Waals surface area contributed by atoms with E-state index in [1.54, 1.807) is 0 Å². The maximum Gasteiger partial charge on any atom is 0.250 e. The largest absolute Gasteiger partial charge is 0.504 e. The predicted molar refractivity (Wildman–Crippen MR) is 53.4 cm³/mol. The van der Waals surface area contributed by atoms with Crippen LogP contribution in [0.2, 0.25) is 0 Å². The summed E-state index contributed by atoms with van der Waals surface area (Å²) in [6, 6.07) is 4.40. The molecule has 1 aromatic rings. The maximum absolute atomic E-state index is 11.2. The Bertz CT molecular complexity index is 374. The van der Waals surface area contributed by atoms with Crippen LogP contribution in [0.5, 0.6) is 11.5 Å². The first-order chi connectivity index (χ1) is 6.57. The molecule has 4 nitrogen and oxygen atoms in total. The van der Waals surface area contributed by atoms with Crippen molar-refractivity contribution in [2.24, 2.45) is 0 Å². The van der Waals surface area contributed by atoms with E-state index >= 15 is 0 Å². The maximum atomic E-state index is 11.2. The lowest BCUT2D eigenvalue weighted by Crippen LogP contribution is -2.23. The molecular weight excluding hydrogens is 182 g/mol. The van der Waals surface area contributed by atoms with Gasteiger partial charge in [0.1, 0.15) is 0 Å². The van der Waals surface area contributed by atoms with E-state index in [0.29, 0.717) is 0 Å². The topological polar surface area (TPSA) is 60.8 Å². The van der Waals surface area contributed by atoms with Gasteiger partial charge in [0.15, 0.2) is 11.5 Å². The molecule has 0 spiro atoms. The molecule has 0 aliphatic rings. The molecule has 74 valence electrons. The van der Waals surface area contributed by atoms with Crippen LogP contribution in [0.3, 0.4) is 0 Å². The highest BCUT2D eigenvalue weighted by Crippen LogP contribution is 2.34. The van der Waals surface area contributed by atoms with Crippen LogP contribution in [-0.2, 0) is 4.79 Å². The van der Waals surface area contributed by atoms with Crippen molar-refractivity contribution in [2.45, 2.75) is 0 Å². The van der Waals surface area contributed by atoms with Gasteiger partial charge in [0.05, 0.1) is 5.69 Å². The summed E-state index contributed by atoms with van der Waals surface area (Å²) in [6.07, 6.45) is 1.13. The minimum atomic E-state index is -0.356. The smallest absolute Gasteiger partial charge is 0.250 e. The Kier molecular flexibility index (Phi) is 2.76. The monoisotopic (exact) mass is 193 g/mol. The fraction of sp³-hybridized carbons (Fsp3) is 0.100. The first kappa shape index (κ1) is 10.1. The van der Waals surface area contributed by atoms with E-state index in [2.05, 4.69) is 6.58 Å². The summed E-state index contributed by atoms with van der Waals surface area (Å²) in [5, 5.41) is 18.6. The Morgan fingerprint density at radius 2 is 2.14 bits per heavy atom. The summed E-state index contributed by atoms with van der Waals surface area (Å²) >= 11 is 0. The second kappa shape index (κ2) is 3.83. The van der Waals surface area contributed by atoms with Gasteiger partial charge in [-0.05, 0) is 18.2 Å². The zero-order valence-corrected chi connectivity index (χ0v) is 7.77. The molecule has 0 saturated heterocycles. The van der Waals surface area contributed by atoms with E-state index < -0.39 is 0 Å². The molecular formula is C10H11NO3. The van der Waals surface area contributed by atoms with Gasteiger partial charge in [-0.25, -0.2) is 0 Å². The first-order valence-corrected chi connectivity index (χ1v) is 3.99. The van der Waals surface area contributed by atoms with E-state index in [-0.39, 0.29) is 23.1 Å². The van der Waals surface area contributed by atoms with Crippen LogP contribution in [0.15, 0.2) is 30.9 Å². The minimum Gasteiger partial charge on any atom is -0.504 e. The molecule has 0 fully saturated rings. The second-order valence-corrected chi connectivity index (χ2v) is 2.75. The van der Waals surface area contributed by atoms with Gasteiger partial charge in [-0.15, -0.1) is 0 Å². The molecule has 0 radical (unpaired) electrons. The van der Waals surface area contributed by atoms with Crippen molar-refractivity contribution in [3.8, 4) is 11.5 Å². The first-order valence-electron chi connectivity index (χ1n) is 3.99. The molecule has 4 heteroatoms. The molecule has 1 amide bonds. The Hall–Kier alpha value is -1.97. The Balaban J connectivity index is 3.13. The van der Waals surface area contributed by atoms with Crippen molar-refractivity contribution < 1.29 is 15.0 Å². The van der Waals surface area contributed by atoms with E-state index in [1.807, 2.05) is 0 Å². The summed E-state index contributed by atoms with van der Waals surface area (Å²) in [5.74, 6) is -0.928. The zero-order valence-electron chi connectivity index (χ0n) is 7.77. The van der Waals surface area contributed by atoms with Gasteiger partial charge in [-0.3, -0.25) is 4.79 Å². The van der Waals surface area contributed by atoms with Gasteiger partial charge >= 0.3 is 0 Å². The number of amides is 1. The van der Waals surface area contributed by atoms with Gasteiger partial charge < -0.3 is 15.1 Å². The number of benzene rings is 1. The van der Waals surface area contributed by atoms with Crippen LogP contribution < -0.4 is 4.90 Å². The fourth-order valence-electron chi connectivity index (χ4n) is 1.05. The Morgan fingerprint density at radius 3 is 2.71 bits per heavy atom. The number of rotatable bonds is 2. The molecule has 0 aromatic heterocycles. The van der Waals surface area contributed by atoms with E-state index in [9.17, 15) is 15.0 Å². The Morgan fingerprint density at radius 1 is 1.50 bits per heavy atom. The quantitative estimate of drug-likeness (QED) is 0.549. The van der Waals surface area contributed by atoms with Gasteiger partial charge in [-0.1, -0.05) is 12.6 Å². The third kappa shape index (κ3) is 1.69. The van der Waals surface area contributed by atoms with E-state index in [0.717, 1.165) is 6.08 Å². The zero-order chi connectivity index (χ0) is 10.7. The summed E-state index contributed by atoms with van der Waals surface area (Å²) in [5.41, 5.74) is 0.245. The molecule has 0 atom stereocenters. The van der Waals surface area contributed by atoms with Gasteiger partial charge in [0.2, 0.25) is 5.91 Å². The molecule has 14 heavy (non-hydrogen) atoms. The average Bonchev–Trinajstić information content (AvgIpc) is 2.20. The third-order valence-electron chi connectivity index (χ3n) is 1.86. The highest BCUT2D eigenvalue weighted by Gasteiger charge is 2.13. The van der Waals surface area contributed by atoms with E-state index in [4.69, 9.17) is 0 Å². The number of carbonyl (C=O) groups is 1. The van der Waals surface area contributed by atoms with Crippen molar-refractivity contribution in [3.05, 3.63) is 30.9 Å². The molecule has 0 aliphatic heterocycles. The molecule has 0 unspecified atom stereocenters. The molecule has 0 heterocycles. The highest BCUT2D eigenvalue weighted by molar-refractivity contribution is 6.01. The number of phenolic OH excluding ortho intramolecular Hbond substituents is 2. The lowest BCUT2D eigenvalue weighted by atomic mass is 10.2. The number of aromatic hydroxyl groups is 2. The molecule has 1 aromatic carbocycles. The summed E-state index contributed by atoms with van der Waals surface area (Å²) < 4.78 is 0. The standard InChI is InChI=1S/C10H11NO3/c1-3-9(13)11(2)7-5-4-6-8(12)10(7)14/h3-6,12,14H,1H2,2H3. The summed E-state index contributed by atoms with van der Waals surface area (Å²) in [7, 11) is 1.48. The number of anilines is 1. The molecule has 1 rings (SSSR count). The average molecular weight is 193 g/mol. The van der Waals surface area contributed by atoms with Gasteiger partial charge in [0.25, 0.3) is 0 Å². The number of para-hydroxylation sites is 1. The van der Waals surface area contributed by atoms with Crippen molar-refractivity contribution in [3.63, 3.8) is 0 Å². The van der Waals surface area contributed by atoms with Crippen molar-refractivity contribution in [1.82, 2.24) is 0 Å². The third-order valence-corrected chi connectivity index (χ3v) is 1.86. The number of hydrogen-bond donors (Lipinski definition) is 2. The lowest BCUT2D eigenvalue weighted by Gasteiger charge is -2.16. The van der Waals surface area contributed by atoms with E-state index in [1.165, 1.54) is 30.1 Å². The number of likely N-dealkylation sites (N-methyl/N-ethyl adjacent to an activating group) is 1. The second-order valence-electron chi connectivity index (χ2n) is 2.75. The van der Waals surface area contributed by atoms with Crippen molar-refractivity contribution in [1.29, 1.82) is 0 Å². The summed E-state index contributed by atoms with van der Waals surface area (Å²) in [4.78, 5) is 12.4. The van der Waals surface area contributed by atoms with Crippen LogP contribution in [-0.4, -0.2) is 23.2 Å². The molecule has 0 aliphatic carbocycles. The SMILES string of the molecule is C=CC(=O)N(C)c1cccc(O)c1O. The van der Waals surface area contributed by atoms with Gasteiger partial charge in [0, 0.05) is 7.05 Å². The Labute approximate surface area is 81.7 Å². The highest BCUT2D eigenvalue weighted by atomic mass is 16.3. The number of nitrogens with zero attached hydrogens (tertiary/aromatic N) is 1. The number of carbonyl (C=O) groups excluding carboxylic acids is 1. The van der Waals surface area contributed by atoms with Crippen LogP contribution in [0, 0.1) is 0 Å². The van der Waals surface area contributed by atoms with Crippen LogP contribution >= 0.6 is 0 Å². The number of hydrogen-bond acceptors (Lipinski definition) is 3. The molecule has 0 saturated carbocycles. The summed E-state index contributed by atoms with van der Waals surface area (Å²) in [6.45, 7) is 3.32. The fourth-order valence-corrected chi connectivity index (χ4v) is 1.05. The van der Waals surface area contributed by atoms with Crippen molar-refractivity contribution >= 4 is 11.6 Å². The minimum absolute atomic E-state index is 0.245. The molecule has 0 bridgehead atoms. The van der Waals surface area contributed by atoms with Crippen LogP contribution in [0.4, 0.5) is 5.69 Å². The van der Waals surface area contributed by atoms with Crippen molar-refractivity contribution in [2.75, 3.05) is 11.9 Å². The van der Waals surface area contributed by atoms with Crippen LogP contribution in [0.25, 0.3) is 0 Å². The molecule has 2 N–H and O–H groups in total. The van der Waals surface area contributed by atoms with Gasteiger partial charge in [-0.2, -0.15) is 0 Å². The normalized spacial score (nSPS) is 9.50. The number of phenols is 2. The lowest BCUT2D eigenvalue weighted by molar-refractivity contribution is -0.113. The van der Waals surface area contributed by atoms with Crippen LogP contribution in [0.1, 0.15) is 0 Å².